The second-order valence-corrected chi connectivity index (χ2v) is 2.34. The Labute approximate surface area is 78.9 Å². The zero-order chi connectivity index (χ0) is 10.0. The number of nitrogens with two attached hydrogens (primary N) is 1. The highest BCUT2D eigenvalue weighted by molar-refractivity contribution is 6.03. The third-order valence-electron chi connectivity index (χ3n) is 1.47. The Bertz CT molecular complexity index is 379. The molecule has 1 amide bonds. The van der Waals surface area contributed by atoms with E-state index in [1.165, 1.54) is 0 Å². The molecule has 0 aliphatic rings. The zero-order valence-corrected chi connectivity index (χ0v) is 7.41. The third-order valence-corrected chi connectivity index (χ3v) is 1.47. The Balaban J connectivity index is 0.00000169. The Kier molecular flexibility index (Phi) is 3.73. The molecule has 1 aromatic carbocycles. The van der Waals surface area contributed by atoms with E-state index in [-0.39, 0.29) is 11.7 Å². The molecule has 0 atom stereocenters. The van der Waals surface area contributed by atoms with Crippen LogP contribution in [0.25, 0.3) is 0 Å². The third kappa shape index (κ3) is 2.27. The molecular formula is C8H9FN2O3. The second kappa shape index (κ2) is 4.33. The molecule has 5 nitrogen and oxygen atoms in total. The summed E-state index contributed by atoms with van der Waals surface area (Å²) in [7, 11) is 0. The van der Waals surface area contributed by atoms with Gasteiger partial charge in [0.15, 0.2) is 0 Å². The highest BCUT2D eigenvalue weighted by Gasteiger charge is 2.09. The monoisotopic (exact) mass is 200 g/mol. The lowest BCUT2D eigenvalue weighted by Gasteiger charge is -2.06. The van der Waals surface area contributed by atoms with Crippen LogP contribution in [0.5, 0.6) is 0 Å². The maximum atomic E-state index is 12.5. The van der Waals surface area contributed by atoms with Gasteiger partial charge in [-0.05, 0) is 18.2 Å². The number of carbonyl (C=O) groups excluding carboxylic acids is 2. The highest BCUT2D eigenvalue weighted by atomic mass is 19.1. The molecule has 1 aromatic rings. The fourth-order valence-corrected chi connectivity index (χ4v) is 0.898. The van der Waals surface area contributed by atoms with Gasteiger partial charge in [-0.2, -0.15) is 0 Å². The van der Waals surface area contributed by atoms with Gasteiger partial charge in [-0.15, -0.1) is 0 Å². The summed E-state index contributed by atoms with van der Waals surface area (Å²) in [4.78, 5) is 21.0. The van der Waals surface area contributed by atoms with Crippen LogP contribution in [0.15, 0.2) is 18.2 Å². The molecule has 0 saturated carbocycles. The SMILES string of the molecule is NC(=O)c1cc(F)ccc1C(=O)[O-].[NH4+]. The predicted octanol–water partition coefficient (Wildman–Crippen LogP) is -0.336. The molecule has 0 saturated heterocycles. The summed E-state index contributed by atoms with van der Waals surface area (Å²) in [5, 5.41) is 10.4. The van der Waals surface area contributed by atoms with E-state index >= 15 is 0 Å². The number of hydrogen-bond acceptors (Lipinski definition) is 3. The first-order valence-electron chi connectivity index (χ1n) is 3.33. The summed E-state index contributed by atoms with van der Waals surface area (Å²) >= 11 is 0. The van der Waals surface area contributed by atoms with Gasteiger partial charge < -0.3 is 21.8 Å². The van der Waals surface area contributed by atoms with Crippen LogP contribution in [0.2, 0.25) is 0 Å². The van der Waals surface area contributed by atoms with Crippen LogP contribution in [0, 0.1) is 5.82 Å². The van der Waals surface area contributed by atoms with E-state index in [4.69, 9.17) is 5.73 Å². The maximum Gasteiger partial charge on any atom is 0.249 e. The van der Waals surface area contributed by atoms with Crippen LogP contribution < -0.4 is 17.0 Å². The molecule has 0 bridgehead atoms. The van der Waals surface area contributed by atoms with Gasteiger partial charge in [0.2, 0.25) is 5.91 Å². The predicted molar refractivity (Wildman–Crippen MR) is 45.2 cm³/mol. The highest BCUT2D eigenvalue weighted by Crippen LogP contribution is 2.09. The van der Waals surface area contributed by atoms with Crippen LogP contribution in [-0.2, 0) is 0 Å². The van der Waals surface area contributed by atoms with Gasteiger partial charge in [0.05, 0.1) is 11.5 Å². The van der Waals surface area contributed by atoms with Crippen molar-refractivity contribution < 1.29 is 19.1 Å². The topological polar surface area (TPSA) is 120 Å². The van der Waals surface area contributed by atoms with Gasteiger partial charge >= 0.3 is 0 Å². The summed E-state index contributed by atoms with van der Waals surface area (Å²) in [5.41, 5.74) is 4.03. The molecule has 0 aromatic heterocycles. The number of rotatable bonds is 2. The van der Waals surface area contributed by atoms with Crippen molar-refractivity contribution in [2.45, 2.75) is 0 Å². The summed E-state index contributed by atoms with van der Waals surface area (Å²) in [6, 6.07) is 2.61. The Morgan fingerprint density at radius 1 is 1.29 bits per heavy atom. The van der Waals surface area contributed by atoms with Crippen LogP contribution in [0.3, 0.4) is 0 Å². The standard InChI is InChI=1S/C8H6FNO3.H3N/c9-4-1-2-5(8(12)13)6(3-4)7(10)11;/h1-3H,(H2,10,11)(H,12,13);1H3. The fraction of sp³-hybridized carbons (Fsp3) is 0. The second-order valence-electron chi connectivity index (χ2n) is 2.34. The quantitative estimate of drug-likeness (QED) is 0.679. The van der Waals surface area contributed by atoms with Crippen LogP contribution >= 0.6 is 0 Å². The van der Waals surface area contributed by atoms with Gasteiger partial charge in [-0.25, -0.2) is 4.39 Å². The largest absolute Gasteiger partial charge is 0.545 e. The number of primary amides is 1. The van der Waals surface area contributed by atoms with E-state index in [1.54, 1.807) is 0 Å². The van der Waals surface area contributed by atoms with Gasteiger partial charge in [0.25, 0.3) is 0 Å². The molecule has 76 valence electrons. The Morgan fingerprint density at radius 3 is 2.29 bits per heavy atom. The molecule has 14 heavy (non-hydrogen) atoms. The molecule has 0 unspecified atom stereocenters. The van der Waals surface area contributed by atoms with E-state index in [9.17, 15) is 19.1 Å². The molecule has 0 heterocycles. The van der Waals surface area contributed by atoms with Crippen LogP contribution in [0.1, 0.15) is 20.7 Å². The minimum Gasteiger partial charge on any atom is -0.545 e. The molecule has 0 spiro atoms. The van der Waals surface area contributed by atoms with Crippen molar-refractivity contribution in [2.75, 3.05) is 0 Å². The fourth-order valence-electron chi connectivity index (χ4n) is 0.898. The van der Waals surface area contributed by atoms with E-state index in [0.29, 0.717) is 0 Å². The number of carboxylic acids is 1. The van der Waals surface area contributed by atoms with Crippen LogP contribution in [-0.4, -0.2) is 11.9 Å². The van der Waals surface area contributed by atoms with E-state index in [1.807, 2.05) is 0 Å². The number of carbonyl (C=O) groups is 2. The van der Waals surface area contributed by atoms with E-state index in [2.05, 4.69) is 0 Å². The molecule has 0 aliphatic heterocycles. The van der Waals surface area contributed by atoms with Gasteiger partial charge in [0, 0.05) is 5.56 Å². The first-order chi connectivity index (χ1) is 6.02. The number of amides is 1. The van der Waals surface area contributed by atoms with Crippen molar-refractivity contribution in [1.82, 2.24) is 6.15 Å². The van der Waals surface area contributed by atoms with Crippen LogP contribution in [0.4, 0.5) is 4.39 Å². The van der Waals surface area contributed by atoms with Crippen molar-refractivity contribution in [3.05, 3.63) is 35.1 Å². The molecular weight excluding hydrogens is 191 g/mol. The maximum absolute atomic E-state index is 12.5. The average molecular weight is 200 g/mol. The van der Waals surface area contributed by atoms with Crippen molar-refractivity contribution in [3.63, 3.8) is 0 Å². The molecule has 0 radical (unpaired) electrons. The average Bonchev–Trinajstić information content (AvgIpc) is 2.03. The molecule has 0 aliphatic carbocycles. The van der Waals surface area contributed by atoms with E-state index in [0.717, 1.165) is 18.2 Å². The zero-order valence-electron chi connectivity index (χ0n) is 7.41. The van der Waals surface area contributed by atoms with Crippen molar-refractivity contribution >= 4 is 11.9 Å². The Hall–Kier alpha value is -1.95. The van der Waals surface area contributed by atoms with Crippen molar-refractivity contribution in [3.8, 4) is 0 Å². The van der Waals surface area contributed by atoms with Crippen molar-refractivity contribution in [1.29, 1.82) is 0 Å². The molecule has 6 heteroatoms. The number of quaternary nitrogens is 1. The number of benzene rings is 1. The molecule has 6 N–H and O–H groups in total. The summed E-state index contributed by atoms with van der Waals surface area (Å²) in [6.45, 7) is 0. The molecule has 1 rings (SSSR count). The number of halogens is 1. The first kappa shape index (κ1) is 12.0. The molecule has 0 fully saturated rings. The normalized spacial score (nSPS) is 8.93. The minimum atomic E-state index is -1.56. The lowest BCUT2D eigenvalue weighted by atomic mass is 10.1. The lowest BCUT2D eigenvalue weighted by Crippen LogP contribution is -2.26. The first-order valence-corrected chi connectivity index (χ1v) is 3.33. The van der Waals surface area contributed by atoms with Crippen molar-refractivity contribution in [2.24, 2.45) is 5.73 Å². The number of carboxylic acid groups (broad SMARTS) is 1. The Morgan fingerprint density at radius 2 is 1.86 bits per heavy atom. The number of aromatic carboxylic acids is 1. The van der Waals surface area contributed by atoms with Gasteiger partial charge in [-0.3, -0.25) is 4.79 Å². The lowest BCUT2D eigenvalue weighted by molar-refractivity contribution is -0.255. The summed E-state index contributed by atoms with van der Waals surface area (Å²) in [6.07, 6.45) is 0. The van der Waals surface area contributed by atoms with E-state index < -0.39 is 23.3 Å². The summed E-state index contributed by atoms with van der Waals surface area (Å²) in [5.74, 6) is -3.29. The minimum absolute atomic E-state index is 0. The van der Waals surface area contributed by atoms with Gasteiger partial charge in [-0.1, -0.05) is 0 Å². The van der Waals surface area contributed by atoms with Gasteiger partial charge in [0.1, 0.15) is 5.82 Å². The smallest absolute Gasteiger partial charge is 0.249 e. The number of hydrogen-bond donors (Lipinski definition) is 2. The summed E-state index contributed by atoms with van der Waals surface area (Å²) < 4.78 is 12.5.